The van der Waals surface area contributed by atoms with Crippen molar-refractivity contribution >= 4 is 46.0 Å². The maximum atomic E-state index is 12.9. The summed E-state index contributed by atoms with van der Waals surface area (Å²) in [5, 5.41) is 0. The quantitative estimate of drug-likeness (QED) is 0.412. The molecule has 0 unspecified atom stereocenters. The predicted octanol–water partition coefficient (Wildman–Crippen LogP) is 4.67. The number of benzene rings is 2. The molecule has 3 rings (SSSR count). The second kappa shape index (κ2) is 8.21. The summed E-state index contributed by atoms with van der Waals surface area (Å²) in [5.41, 5.74) is 1.51. The van der Waals surface area contributed by atoms with Gasteiger partial charge in [0.05, 0.1) is 17.7 Å². The molecule has 2 aromatic rings. The highest BCUT2D eigenvalue weighted by Gasteiger charge is 2.34. The van der Waals surface area contributed by atoms with Gasteiger partial charge in [0.25, 0.3) is 5.91 Å². The van der Waals surface area contributed by atoms with E-state index in [1.54, 1.807) is 19.3 Å². The van der Waals surface area contributed by atoms with Crippen LogP contribution >= 0.6 is 24.0 Å². The standard InChI is InChI=1S/C20H17NO3S2/c1-3-11-24-15-8-6-7-14(12-15)13-18-19(22)21(20(25)26-18)16-9-4-5-10-17(16)23-2/h3-10,12-13H,1,11H2,2H3/b18-13+. The van der Waals surface area contributed by atoms with Gasteiger partial charge in [-0.15, -0.1) is 0 Å². The smallest absolute Gasteiger partial charge is 0.270 e. The van der Waals surface area contributed by atoms with Crippen LogP contribution in [-0.2, 0) is 4.79 Å². The summed E-state index contributed by atoms with van der Waals surface area (Å²) in [5.74, 6) is 1.16. The van der Waals surface area contributed by atoms with Gasteiger partial charge in [0.15, 0.2) is 4.32 Å². The van der Waals surface area contributed by atoms with Crippen LogP contribution in [0.4, 0.5) is 5.69 Å². The lowest BCUT2D eigenvalue weighted by molar-refractivity contribution is -0.113. The SMILES string of the molecule is C=CCOc1cccc(/C=C2/SC(=S)N(c3ccccc3OC)C2=O)c1. The first kappa shape index (κ1) is 18.2. The Morgan fingerprint density at radius 2 is 2.04 bits per heavy atom. The largest absolute Gasteiger partial charge is 0.495 e. The van der Waals surface area contributed by atoms with Gasteiger partial charge in [-0.25, -0.2) is 0 Å². The number of rotatable bonds is 6. The maximum absolute atomic E-state index is 12.9. The van der Waals surface area contributed by atoms with E-state index in [1.807, 2.05) is 48.5 Å². The number of thioether (sulfide) groups is 1. The van der Waals surface area contributed by atoms with Crippen LogP contribution in [0.2, 0.25) is 0 Å². The number of amides is 1. The van der Waals surface area contributed by atoms with E-state index in [0.717, 1.165) is 11.3 Å². The third-order valence-corrected chi connectivity index (χ3v) is 4.95. The highest BCUT2D eigenvalue weighted by atomic mass is 32.2. The summed E-state index contributed by atoms with van der Waals surface area (Å²) in [6, 6.07) is 14.8. The number of para-hydroxylation sites is 2. The Morgan fingerprint density at radius 1 is 1.23 bits per heavy atom. The molecule has 0 saturated carbocycles. The minimum Gasteiger partial charge on any atom is -0.495 e. The second-order valence-corrected chi connectivity index (χ2v) is 7.04. The Hall–Kier alpha value is -2.57. The Kier molecular flexibility index (Phi) is 5.75. The van der Waals surface area contributed by atoms with E-state index in [2.05, 4.69) is 6.58 Å². The van der Waals surface area contributed by atoms with E-state index < -0.39 is 0 Å². The number of hydrogen-bond acceptors (Lipinski definition) is 5. The van der Waals surface area contributed by atoms with Crippen LogP contribution in [0.25, 0.3) is 6.08 Å². The molecular weight excluding hydrogens is 366 g/mol. The van der Waals surface area contributed by atoms with Crippen LogP contribution in [0.15, 0.2) is 66.1 Å². The van der Waals surface area contributed by atoms with Gasteiger partial charge in [0, 0.05) is 0 Å². The van der Waals surface area contributed by atoms with Crippen LogP contribution in [0, 0.1) is 0 Å². The average molecular weight is 383 g/mol. The molecule has 0 bridgehead atoms. The third kappa shape index (κ3) is 3.81. The fraction of sp³-hybridized carbons (Fsp3) is 0.100. The highest BCUT2D eigenvalue weighted by Crippen LogP contribution is 2.39. The Morgan fingerprint density at radius 3 is 2.81 bits per heavy atom. The van der Waals surface area contributed by atoms with Crippen molar-refractivity contribution < 1.29 is 14.3 Å². The van der Waals surface area contributed by atoms with E-state index >= 15 is 0 Å². The summed E-state index contributed by atoms with van der Waals surface area (Å²) in [7, 11) is 1.57. The molecule has 0 aliphatic carbocycles. The molecule has 4 nitrogen and oxygen atoms in total. The molecule has 1 fully saturated rings. The van der Waals surface area contributed by atoms with Crippen molar-refractivity contribution in [3.8, 4) is 11.5 Å². The normalized spacial score (nSPS) is 15.4. The van der Waals surface area contributed by atoms with Gasteiger partial charge in [-0.05, 0) is 35.9 Å². The average Bonchev–Trinajstić information content (AvgIpc) is 2.93. The molecule has 0 spiro atoms. The fourth-order valence-corrected chi connectivity index (χ4v) is 3.78. The predicted molar refractivity (Wildman–Crippen MR) is 111 cm³/mol. The van der Waals surface area contributed by atoms with Crippen molar-refractivity contribution in [2.24, 2.45) is 0 Å². The lowest BCUT2D eigenvalue weighted by Gasteiger charge is -2.17. The van der Waals surface area contributed by atoms with E-state index in [4.69, 9.17) is 21.7 Å². The maximum Gasteiger partial charge on any atom is 0.270 e. The summed E-state index contributed by atoms with van der Waals surface area (Å²) in [4.78, 5) is 15.0. The van der Waals surface area contributed by atoms with Crippen molar-refractivity contribution in [3.05, 3.63) is 71.7 Å². The number of methoxy groups -OCH3 is 1. The number of ether oxygens (including phenoxy) is 2. The summed E-state index contributed by atoms with van der Waals surface area (Å²) in [6.45, 7) is 4.07. The number of thiocarbonyl (C=S) groups is 1. The van der Waals surface area contributed by atoms with Gasteiger partial charge in [-0.2, -0.15) is 0 Å². The minimum atomic E-state index is -0.165. The fourth-order valence-electron chi connectivity index (χ4n) is 2.49. The lowest BCUT2D eigenvalue weighted by atomic mass is 10.2. The van der Waals surface area contributed by atoms with Crippen LogP contribution in [0.3, 0.4) is 0 Å². The van der Waals surface area contributed by atoms with Gasteiger partial charge in [0.1, 0.15) is 18.1 Å². The van der Waals surface area contributed by atoms with Crippen LogP contribution in [0.5, 0.6) is 11.5 Å². The molecule has 0 atom stereocenters. The monoisotopic (exact) mass is 383 g/mol. The summed E-state index contributed by atoms with van der Waals surface area (Å²) < 4.78 is 11.4. The number of anilines is 1. The number of carbonyl (C=O) groups excluding carboxylic acids is 1. The minimum absolute atomic E-state index is 0.165. The molecular formula is C20H17NO3S2. The first-order valence-electron chi connectivity index (χ1n) is 7.89. The van der Waals surface area contributed by atoms with E-state index in [-0.39, 0.29) is 5.91 Å². The summed E-state index contributed by atoms with van der Waals surface area (Å²) in [6.07, 6.45) is 3.50. The van der Waals surface area contributed by atoms with Crippen LogP contribution < -0.4 is 14.4 Å². The first-order valence-corrected chi connectivity index (χ1v) is 9.11. The molecule has 2 aromatic carbocycles. The first-order chi connectivity index (χ1) is 12.6. The zero-order valence-electron chi connectivity index (χ0n) is 14.2. The molecule has 0 radical (unpaired) electrons. The van der Waals surface area contributed by atoms with Crippen molar-refractivity contribution in [2.45, 2.75) is 0 Å². The number of nitrogens with zero attached hydrogens (tertiary/aromatic N) is 1. The lowest BCUT2D eigenvalue weighted by Crippen LogP contribution is -2.27. The zero-order valence-corrected chi connectivity index (χ0v) is 15.8. The van der Waals surface area contributed by atoms with Crippen LogP contribution in [0.1, 0.15) is 5.56 Å². The van der Waals surface area contributed by atoms with Crippen LogP contribution in [-0.4, -0.2) is 23.9 Å². The molecule has 132 valence electrons. The molecule has 26 heavy (non-hydrogen) atoms. The molecule has 1 saturated heterocycles. The van der Waals surface area contributed by atoms with E-state index in [0.29, 0.717) is 27.3 Å². The Bertz CT molecular complexity index is 892. The van der Waals surface area contributed by atoms with Gasteiger partial charge in [-0.1, -0.05) is 60.9 Å². The molecule has 6 heteroatoms. The van der Waals surface area contributed by atoms with Crippen molar-refractivity contribution in [1.29, 1.82) is 0 Å². The molecule has 0 aromatic heterocycles. The van der Waals surface area contributed by atoms with Gasteiger partial charge >= 0.3 is 0 Å². The third-order valence-electron chi connectivity index (χ3n) is 3.64. The van der Waals surface area contributed by atoms with E-state index in [9.17, 15) is 4.79 Å². The van der Waals surface area contributed by atoms with Gasteiger partial charge in [0.2, 0.25) is 0 Å². The van der Waals surface area contributed by atoms with Crippen molar-refractivity contribution in [1.82, 2.24) is 0 Å². The molecule has 1 aliphatic heterocycles. The molecule has 0 N–H and O–H groups in total. The molecule has 1 amide bonds. The number of hydrogen-bond donors (Lipinski definition) is 0. The topological polar surface area (TPSA) is 38.8 Å². The summed E-state index contributed by atoms with van der Waals surface area (Å²) >= 11 is 6.69. The number of carbonyl (C=O) groups is 1. The Balaban J connectivity index is 1.89. The van der Waals surface area contributed by atoms with Gasteiger partial charge < -0.3 is 9.47 Å². The Labute approximate surface area is 162 Å². The van der Waals surface area contributed by atoms with Gasteiger partial charge in [-0.3, -0.25) is 9.69 Å². The highest BCUT2D eigenvalue weighted by molar-refractivity contribution is 8.27. The van der Waals surface area contributed by atoms with Crippen molar-refractivity contribution in [3.63, 3.8) is 0 Å². The second-order valence-electron chi connectivity index (χ2n) is 5.36. The zero-order chi connectivity index (χ0) is 18.5. The van der Waals surface area contributed by atoms with E-state index in [1.165, 1.54) is 16.7 Å². The molecule has 1 aliphatic rings. The van der Waals surface area contributed by atoms with Crippen molar-refractivity contribution in [2.75, 3.05) is 18.6 Å². The molecule has 1 heterocycles.